The smallest absolute Gasteiger partial charge is 0.233 e. The van der Waals surface area contributed by atoms with E-state index in [2.05, 4.69) is 36.5 Å². The molecule has 0 saturated heterocycles. The molecular weight excluding hydrogens is 394 g/mol. The predicted molar refractivity (Wildman–Crippen MR) is 122 cm³/mol. The second kappa shape index (κ2) is 10.2. The number of nitrogens with one attached hydrogen (secondary N) is 1. The van der Waals surface area contributed by atoms with Crippen molar-refractivity contribution in [2.24, 2.45) is 0 Å². The van der Waals surface area contributed by atoms with Gasteiger partial charge in [-0.25, -0.2) is 0 Å². The van der Waals surface area contributed by atoms with Gasteiger partial charge in [0, 0.05) is 4.90 Å². The summed E-state index contributed by atoms with van der Waals surface area (Å²) >= 11 is 1.49. The van der Waals surface area contributed by atoms with Gasteiger partial charge in [-0.3, -0.25) is 4.79 Å². The number of ether oxygens (including phenoxy) is 2. The third-order valence-corrected chi connectivity index (χ3v) is 5.96. The maximum atomic E-state index is 13.1. The first kappa shape index (κ1) is 21.8. The minimum atomic E-state index is -0.278. The number of thioether (sulfide) groups is 1. The molecule has 156 valence electrons. The molecule has 0 unspecified atom stereocenters. The average molecular weight is 422 g/mol. The molecule has 3 rings (SSSR count). The number of rotatable bonds is 8. The molecule has 0 aliphatic carbocycles. The molecular formula is C25H27NO3S. The van der Waals surface area contributed by atoms with Gasteiger partial charge < -0.3 is 14.8 Å². The molecule has 0 fully saturated rings. The van der Waals surface area contributed by atoms with E-state index in [-0.39, 0.29) is 17.2 Å². The standard InChI is InChI=1S/C25H27NO3S/c1-17-10-12-20(13-11-17)24(19-8-6-5-7-9-19)26-25(27)18(2)30-21-14-15-22(28-3)23(16-21)29-4/h5-16,18,24H,1-4H3,(H,26,27)/t18-,24-/m1/s1. The van der Waals surface area contributed by atoms with Gasteiger partial charge in [-0.05, 0) is 43.2 Å². The SMILES string of the molecule is COc1ccc(S[C@H](C)C(=O)N[C@H](c2ccccc2)c2ccc(C)cc2)cc1OC. The van der Waals surface area contributed by atoms with Gasteiger partial charge in [-0.2, -0.15) is 0 Å². The number of amides is 1. The van der Waals surface area contributed by atoms with E-state index in [1.807, 2.05) is 55.5 Å². The van der Waals surface area contributed by atoms with Gasteiger partial charge in [0.15, 0.2) is 11.5 Å². The van der Waals surface area contributed by atoms with Crippen molar-refractivity contribution in [3.63, 3.8) is 0 Å². The van der Waals surface area contributed by atoms with Crippen LogP contribution in [0.2, 0.25) is 0 Å². The maximum absolute atomic E-state index is 13.1. The molecule has 1 N–H and O–H groups in total. The van der Waals surface area contributed by atoms with Crippen molar-refractivity contribution in [1.82, 2.24) is 5.32 Å². The van der Waals surface area contributed by atoms with Crippen LogP contribution in [0.15, 0.2) is 77.7 Å². The van der Waals surface area contributed by atoms with Gasteiger partial charge in [-0.15, -0.1) is 11.8 Å². The molecule has 1 amide bonds. The van der Waals surface area contributed by atoms with Crippen LogP contribution in [-0.2, 0) is 4.79 Å². The van der Waals surface area contributed by atoms with Gasteiger partial charge in [-0.1, -0.05) is 60.2 Å². The van der Waals surface area contributed by atoms with E-state index in [4.69, 9.17) is 9.47 Å². The Morgan fingerprint density at radius 3 is 2.13 bits per heavy atom. The quantitative estimate of drug-likeness (QED) is 0.495. The summed E-state index contributed by atoms with van der Waals surface area (Å²) in [5, 5.41) is 2.95. The summed E-state index contributed by atoms with van der Waals surface area (Å²) in [7, 11) is 3.21. The van der Waals surface area contributed by atoms with Crippen molar-refractivity contribution >= 4 is 17.7 Å². The minimum Gasteiger partial charge on any atom is -0.493 e. The van der Waals surface area contributed by atoms with Crippen molar-refractivity contribution < 1.29 is 14.3 Å². The Labute approximate surface area is 182 Å². The fourth-order valence-electron chi connectivity index (χ4n) is 3.17. The van der Waals surface area contributed by atoms with Gasteiger partial charge in [0.05, 0.1) is 25.5 Å². The summed E-state index contributed by atoms with van der Waals surface area (Å²) in [5.41, 5.74) is 3.30. The van der Waals surface area contributed by atoms with Gasteiger partial charge in [0.2, 0.25) is 5.91 Å². The second-order valence-corrected chi connectivity index (χ2v) is 8.45. The third-order valence-electron chi connectivity index (χ3n) is 4.87. The molecule has 0 aliphatic rings. The van der Waals surface area contributed by atoms with Crippen LogP contribution < -0.4 is 14.8 Å². The number of carbonyl (C=O) groups excluding carboxylic acids is 1. The zero-order valence-electron chi connectivity index (χ0n) is 17.7. The van der Waals surface area contributed by atoms with Crippen molar-refractivity contribution in [1.29, 1.82) is 0 Å². The van der Waals surface area contributed by atoms with Crippen LogP contribution in [0.4, 0.5) is 0 Å². The molecule has 0 spiro atoms. The fraction of sp³-hybridized carbons (Fsp3) is 0.240. The Morgan fingerprint density at radius 1 is 0.867 bits per heavy atom. The topological polar surface area (TPSA) is 47.6 Å². The van der Waals surface area contributed by atoms with Crippen molar-refractivity contribution in [2.45, 2.75) is 30.0 Å². The zero-order chi connectivity index (χ0) is 21.5. The van der Waals surface area contributed by atoms with E-state index in [1.54, 1.807) is 14.2 Å². The summed E-state index contributed by atoms with van der Waals surface area (Å²) in [6, 6.07) is 23.8. The van der Waals surface area contributed by atoms with Crippen LogP contribution >= 0.6 is 11.8 Å². The lowest BCUT2D eigenvalue weighted by atomic mass is 9.97. The fourth-order valence-corrected chi connectivity index (χ4v) is 4.08. The lowest BCUT2D eigenvalue weighted by molar-refractivity contribution is -0.120. The lowest BCUT2D eigenvalue weighted by Gasteiger charge is -2.22. The number of hydrogen-bond acceptors (Lipinski definition) is 4. The Kier molecular flexibility index (Phi) is 7.41. The van der Waals surface area contributed by atoms with Gasteiger partial charge >= 0.3 is 0 Å². The Bertz CT molecular complexity index is 973. The van der Waals surface area contributed by atoms with Crippen molar-refractivity contribution in [3.8, 4) is 11.5 Å². The zero-order valence-corrected chi connectivity index (χ0v) is 18.5. The number of hydrogen-bond donors (Lipinski definition) is 1. The Hall–Kier alpha value is -2.92. The van der Waals surface area contributed by atoms with E-state index in [0.717, 1.165) is 16.0 Å². The average Bonchev–Trinajstić information content (AvgIpc) is 2.78. The van der Waals surface area contributed by atoms with Gasteiger partial charge in [0.25, 0.3) is 0 Å². The highest BCUT2D eigenvalue weighted by molar-refractivity contribution is 8.00. The highest BCUT2D eigenvalue weighted by Gasteiger charge is 2.21. The lowest BCUT2D eigenvalue weighted by Crippen LogP contribution is -2.34. The van der Waals surface area contributed by atoms with Crippen LogP contribution in [0.3, 0.4) is 0 Å². The van der Waals surface area contributed by atoms with Crippen LogP contribution in [0.5, 0.6) is 11.5 Å². The van der Waals surface area contributed by atoms with Gasteiger partial charge in [0.1, 0.15) is 0 Å². The van der Waals surface area contributed by atoms with E-state index < -0.39 is 0 Å². The summed E-state index contributed by atoms with van der Waals surface area (Å²) < 4.78 is 10.7. The molecule has 0 saturated carbocycles. The van der Waals surface area contributed by atoms with E-state index in [0.29, 0.717) is 11.5 Å². The number of benzene rings is 3. The summed E-state index contributed by atoms with van der Waals surface area (Å²) in [6.45, 7) is 3.97. The predicted octanol–water partition coefficient (Wildman–Crippen LogP) is 5.40. The number of methoxy groups -OCH3 is 2. The molecule has 4 nitrogen and oxygen atoms in total. The molecule has 0 aliphatic heterocycles. The highest BCUT2D eigenvalue weighted by atomic mass is 32.2. The molecule has 0 bridgehead atoms. The molecule has 0 radical (unpaired) electrons. The first-order valence-corrected chi connectivity index (χ1v) is 10.7. The van der Waals surface area contributed by atoms with Crippen LogP contribution in [0, 0.1) is 6.92 Å². The Morgan fingerprint density at radius 2 is 1.50 bits per heavy atom. The third kappa shape index (κ3) is 5.36. The number of aryl methyl sites for hydroxylation is 1. The van der Waals surface area contributed by atoms with E-state index in [9.17, 15) is 4.79 Å². The summed E-state index contributed by atoms with van der Waals surface area (Å²) in [6.07, 6.45) is 0. The monoisotopic (exact) mass is 421 g/mol. The highest BCUT2D eigenvalue weighted by Crippen LogP contribution is 2.34. The minimum absolute atomic E-state index is 0.0239. The molecule has 0 aromatic heterocycles. The number of carbonyl (C=O) groups is 1. The molecule has 5 heteroatoms. The second-order valence-electron chi connectivity index (χ2n) is 7.04. The van der Waals surface area contributed by atoms with Crippen molar-refractivity contribution in [3.05, 3.63) is 89.5 Å². The largest absolute Gasteiger partial charge is 0.493 e. The normalized spacial score (nSPS) is 12.7. The summed E-state index contributed by atoms with van der Waals surface area (Å²) in [4.78, 5) is 14.0. The van der Waals surface area contributed by atoms with E-state index in [1.165, 1.54) is 17.3 Å². The van der Waals surface area contributed by atoms with E-state index >= 15 is 0 Å². The molecule has 0 heterocycles. The van der Waals surface area contributed by atoms with Crippen LogP contribution in [-0.4, -0.2) is 25.4 Å². The maximum Gasteiger partial charge on any atom is 0.233 e. The first-order chi connectivity index (χ1) is 14.5. The Balaban J connectivity index is 1.77. The summed E-state index contributed by atoms with van der Waals surface area (Å²) in [5.74, 6) is 1.30. The molecule has 3 aromatic rings. The van der Waals surface area contributed by atoms with Crippen molar-refractivity contribution in [2.75, 3.05) is 14.2 Å². The van der Waals surface area contributed by atoms with Crippen LogP contribution in [0.25, 0.3) is 0 Å². The molecule has 30 heavy (non-hydrogen) atoms. The first-order valence-electron chi connectivity index (χ1n) is 9.82. The molecule has 3 aromatic carbocycles. The van der Waals surface area contributed by atoms with Crippen LogP contribution in [0.1, 0.15) is 29.7 Å². The molecule has 2 atom stereocenters.